The van der Waals surface area contributed by atoms with Gasteiger partial charge in [-0.1, -0.05) is 18.2 Å². The minimum atomic E-state index is -0.396. The van der Waals surface area contributed by atoms with Crippen LogP contribution in [0, 0.1) is 0 Å². The van der Waals surface area contributed by atoms with Crippen LogP contribution in [0.5, 0.6) is 5.75 Å². The third-order valence-electron chi connectivity index (χ3n) is 2.96. The zero-order chi connectivity index (χ0) is 13.0. The molecule has 5 heteroatoms. The van der Waals surface area contributed by atoms with Gasteiger partial charge in [0.05, 0.1) is 7.11 Å². The molecule has 1 saturated heterocycles. The van der Waals surface area contributed by atoms with Crippen molar-refractivity contribution >= 4 is 11.8 Å². The Kier molecular flexibility index (Phi) is 3.82. The van der Waals surface area contributed by atoms with Crippen molar-refractivity contribution < 1.29 is 14.3 Å². The second-order valence-corrected chi connectivity index (χ2v) is 4.19. The Morgan fingerprint density at radius 1 is 1.50 bits per heavy atom. The third kappa shape index (κ3) is 2.80. The Balaban J connectivity index is 1.91. The van der Waals surface area contributed by atoms with Gasteiger partial charge >= 0.3 is 0 Å². The molecule has 0 bridgehead atoms. The number of methoxy groups -OCH3 is 1. The summed E-state index contributed by atoms with van der Waals surface area (Å²) >= 11 is 0. The first-order valence-electron chi connectivity index (χ1n) is 5.89. The molecule has 0 radical (unpaired) electrons. The van der Waals surface area contributed by atoms with Crippen molar-refractivity contribution in [1.29, 1.82) is 0 Å². The van der Waals surface area contributed by atoms with E-state index >= 15 is 0 Å². The molecule has 1 atom stereocenters. The molecule has 1 aromatic carbocycles. The second kappa shape index (κ2) is 5.53. The van der Waals surface area contributed by atoms with Crippen LogP contribution < -0.4 is 15.4 Å². The molecule has 2 rings (SSSR count). The fourth-order valence-electron chi connectivity index (χ4n) is 1.97. The van der Waals surface area contributed by atoms with E-state index in [9.17, 15) is 9.59 Å². The lowest BCUT2D eigenvalue weighted by atomic mass is 10.2. The maximum Gasteiger partial charge on any atom is 0.242 e. The van der Waals surface area contributed by atoms with Crippen molar-refractivity contribution in [3.8, 4) is 5.75 Å². The lowest BCUT2D eigenvalue weighted by molar-refractivity contribution is -0.125. The Morgan fingerprint density at radius 2 is 2.28 bits per heavy atom. The van der Waals surface area contributed by atoms with E-state index in [1.807, 2.05) is 24.3 Å². The third-order valence-corrected chi connectivity index (χ3v) is 2.96. The molecule has 5 nitrogen and oxygen atoms in total. The van der Waals surface area contributed by atoms with E-state index in [1.54, 1.807) is 7.11 Å². The van der Waals surface area contributed by atoms with E-state index in [-0.39, 0.29) is 11.8 Å². The summed E-state index contributed by atoms with van der Waals surface area (Å²) in [6, 6.07) is 7.11. The summed E-state index contributed by atoms with van der Waals surface area (Å²) in [4.78, 5) is 22.8. The van der Waals surface area contributed by atoms with E-state index in [4.69, 9.17) is 4.74 Å². The minimum absolute atomic E-state index is 0.0626. The number of nitrogens with one attached hydrogen (secondary N) is 2. The molecule has 1 aromatic rings. The van der Waals surface area contributed by atoms with Gasteiger partial charge in [-0.2, -0.15) is 0 Å². The molecule has 1 fully saturated rings. The van der Waals surface area contributed by atoms with Gasteiger partial charge in [0.15, 0.2) is 0 Å². The van der Waals surface area contributed by atoms with Gasteiger partial charge in [0.1, 0.15) is 11.8 Å². The van der Waals surface area contributed by atoms with Crippen LogP contribution in [-0.2, 0) is 16.1 Å². The van der Waals surface area contributed by atoms with Crippen molar-refractivity contribution in [2.75, 3.05) is 7.11 Å². The SMILES string of the molecule is COc1ccccc1CNC(=O)[C@@H]1CCC(=O)N1. The van der Waals surface area contributed by atoms with Crippen LogP contribution >= 0.6 is 0 Å². The summed E-state index contributed by atoms with van der Waals surface area (Å²) in [6.45, 7) is 0.398. The lowest BCUT2D eigenvalue weighted by Gasteiger charge is -2.12. The number of para-hydroxylation sites is 1. The number of ether oxygens (including phenoxy) is 1. The fourth-order valence-corrected chi connectivity index (χ4v) is 1.97. The molecular weight excluding hydrogens is 232 g/mol. The van der Waals surface area contributed by atoms with Crippen LogP contribution in [0.15, 0.2) is 24.3 Å². The second-order valence-electron chi connectivity index (χ2n) is 4.19. The first-order valence-corrected chi connectivity index (χ1v) is 5.89. The summed E-state index contributed by atoms with van der Waals surface area (Å²) < 4.78 is 5.20. The maximum absolute atomic E-state index is 11.8. The van der Waals surface area contributed by atoms with Gasteiger partial charge in [-0.25, -0.2) is 0 Å². The summed E-state index contributed by atoms with van der Waals surface area (Å²) in [7, 11) is 1.60. The van der Waals surface area contributed by atoms with Gasteiger partial charge in [0.2, 0.25) is 11.8 Å². The number of benzene rings is 1. The molecule has 18 heavy (non-hydrogen) atoms. The molecule has 1 aliphatic rings. The first-order chi connectivity index (χ1) is 8.70. The first kappa shape index (κ1) is 12.4. The molecule has 0 spiro atoms. The largest absolute Gasteiger partial charge is 0.496 e. The Labute approximate surface area is 106 Å². The van der Waals surface area contributed by atoms with Gasteiger partial charge in [0.25, 0.3) is 0 Å². The summed E-state index contributed by atoms with van der Waals surface area (Å²) in [6.07, 6.45) is 0.989. The zero-order valence-corrected chi connectivity index (χ0v) is 10.2. The van der Waals surface area contributed by atoms with E-state index in [1.165, 1.54) is 0 Å². The Morgan fingerprint density at radius 3 is 2.94 bits per heavy atom. The van der Waals surface area contributed by atoms with Crippen LogP contribution in [0.4, 0.5) is 0 Å². The van der Waals surface area contributed by atoms with Crippen LogP contribution in [0.3, 0.4) is 0 Å². The number of rotatable bonds is 4. The molecule has 2 amide bonds. The van der Waals surface area contributed by atoms with Crippen molar-refractivity contribution in [1.82, 2.24) is 10.6 Å². The van der Waals surface area contributed by atoms with Crippen LogP contribution in [0.1, 0.15) is 18.4 Å². The van der Waals surface area contributed by atoms with Crippen LogP contribution in [0.2, 0.25) is 0 Å². The number of carbonyl (C=O) groups excluding carboxylic acids is 2. The molecule has 0 aromatic heterocycles. The fraction of sp³-hybridized carbons (Fsp3) is 0.385. The molecule has 1 aliphatic heterocycles. The molecule has 0 saturated carbocycles. The number of hydrogen-bond donors (Lipinski definition) is 2. The average Bonchev–Trinajstić information content (AvgIpc) is 2.83. The van der Waals surface area contributed by atoms with Gasteiger partial charge in [-0.3, -0.25) is 9.59 Å². The molecule has 0 unspecified atom stereocenters. The highest BCUT2D eigenvalue weighted by Gasteiger charge is 2.26. The minimum Gasteiger partial charge on any atom is -0.496 e. The Bertz CT molecular complexity index is 459. The summed E-state index contributed by atoms with van der Waals surface area (Å²) in [5.74, 6) is 0.535. The smallest absolute Gasteiger partial charge is 0.242 e. The molecule has 2 N–H and O–H groups in total. The molecule has 1 heterocycles. The summed E-state index contributed by atoms with van der Waals surface area (Å²) in [5, 5.41) is 5.44. The van der Waals surface area contributed by atoms with E-state index < -0.39 is 6.04 Å². The maximum atomic E-state index is 11.8. The number of hydrogen-bond acceptors (Lipinski definition) is 3. The highest BCUT2D eigenvalue weighted by Crippen LogP contribution is 2.17. The zero-order valence-electron chi connectivity index (χ0n) is 10.2. The van der Waals surface area contributed by atoms with E-state index in [2.05, 4.69) is 10.6 Å². The predicted octanol–water partition coefficient (Wildman–Crippen LogP) is 0.590. The van der Waals surface area contributed by atoms with Gasteiger partial charge < -0.3 is 15.4 Å². The topological polar surface area (TPSA) is 67.4 Å². The van der Waals surface area contributed by atoms with Crippen molar-refractivity contribution in [3.63, 3.8) is 0 Å². The van der Waals surface area contributed by atoms with Gasteiger partial charge in [-0.05, 0) is 12.5 Å². The highest BCUT2D eigenvalue weighted by molar-refractivity contribution is 5.90. The average molecular weight is 248 g/mol. The molecule has 0 aliphatic carbocycles. The van der Waals surface area contributed by atoms with Crippen molar-refractivity contribution in [3.05, 3.63) is 29.8 Å². The van der Waals surface area contributed by atoms with Gasteiger partial charge in [0, 0.05) is 18.5 Å². The number of carbonyl (C=O) groups is 2. The Hall–Kier alpha value is -2.04. The van der Waals surface area contributed by atoms with E-state index in [0.29, 0.717) is 19.4 Å². The highest BCUT2D eigenvalue weighted by atomic mass is 16.5. The lowest BCUT2D eigenvalue weighted by Crippen LogP contribution is -2.41. The van der Waals surface area contributed by atoms with Crippen LogP contribution in [0.25, 0.3) is 0 Å². The van der Waals surface area contributed by atoms with Gasteiger partial charge in [-0.15, -0.1) is 0 Å². The van der Waals surface area contributed by atoms with Crippen molar-refractivity contribution in [2.24, 2.45) is 0 Å². The summed E-state index contributed by atoms with van der Waals surface area (Å²) in [5.41, 5.74) is 0.915. The monoisotopic (exact) mass is 248 g/mol. The quantitative estimate of drug-likeness (QED) is 0.819. The normalized spacial score (nSPS) is 18.3. The number of amides is 2. The van der Waals surface area contributed by atoms with E-state index in [0.717, 1.165) is 11.3 Å². The van der Waals surface area contributed by atoms with Crippen LogP contribution in [-0.4, -0.2) is 25.0 Å². The van der Waals surface area contributed by atoms with Crippen molar-refractivity contribution in [2.45, 2.75) is 25.4 Å². The molecular formula is C13H16N2O3. The standard InChI is InChI=1S/C13H16N2O3/c1-18-11-5-3-2-4-9(11)8-14-13(17)10-6-7-12(16)15-10/h2-5,10H,6-8H2,1H3,(H,14,17)(H,15,16)/t10-/m0/s1. The molecule has 96 valence electrons. The predicted molar refractivity (Wildman–Crippen MR) is 66.0 cm³/mol.